The van der Waals surface area contributed by atoms with E-state index in [0.717, 1.165) is 24.6 Å². The van der Waals surface area contributed by atoms with Gasteiger partial charge >= 0.3 is 0 Å². The average Bonchev–Trinajstić information content (AvgIpc) is 3.49. The lowest BCUT2D eigenvalue weighted by Crippen LogP contribution is -2.28. The van der Waals surface area contributed by atoms with Crippen molar-refractivity contribution in [3.05, 3.63) is 40.3 Å². The van der Waals surface area contributed by atoms with Gasteiger partial charge in [-0.2, -0.15) is 0 Å². The Bertz CT molecular complexity index is 989. The van der Waals surface area contributed by atoms with Crippen molar-refractivity contribution in [2.75, 3.05) is 24.3 Å². The maximum absolute atomic E-state index is 12.2. The summed E-state index contributed by atoms with van der Waals surface area (Å²) >= 11 is 1.09. The van der Waals surface area contributed by atoms with E-state index in [2.05, 4.69) is 20.6 Å². The van der Waals surface area contributed by atoms with E-state index >= 15 is 0 Å². The molecule has 10 heteroatoms. The van der Waals surface area contributed by atoms with Crippen molar-refractivity contribution in [1.29, 1.82) is 0 Å². The Balaban J connectivity index is 1.32. The quantitative estimate of drug-likeness (QED) is 0.456. The summed E-state index contributed by atoms with van der Waals surface area (Å²) < 4.78 is 10.9. The minimum Gasteiger partial charge on any atom is -0.486 e. The molecule has 9 nitrogen and oxygen atoms in total. The van der Waals surface area contributed by atoms with E-state index in [-0.39, 0.29) is 35.6 Å². The third-order valence-corrected chi connectivity index (χ3v) is 5.10. The Morgan fingerprint density at radius 3 is 2.72 bits per heavy atom. The molecule has 1 aliphatic carbocycles. The van der Waals surface area contributed by atoms with Gasteiger partial charge in [-0.1, -0.05) is 11.8 Å². The summed E-state index contributed by atoms with van der Waals surface area (Å²) in [4.78, 5) is 42.8. The highest BCUT2D eigenvalue weighted by Gasteiger charge is 2.23. The molecule has 1 aromatic carbocycles. The predicted octanol–water partition coefficient (Wildman–Crippen LogP) is 1.09. The Labute approximate surface area is 170 Å². The van der Waals surface area contributed by atoms with E-state index < -0.39 is 0 Å². The molecular weight excluding hydrogens is 396 g/mol. The van der Waals surface area contributed by atoms with E-state index in [1.54, 1.807) is 18.2 Å². The largest absolute Gasteiger partial charge is 0.486 e. The number of nitrogens with zero attached hydrogens (tertiary/aromatic N) is 1. The van der Waals surface area contributed by atoms with Gasteiger partial charge in [0.25, 0.3) is 5.56 Å². The van der Waals surface area contributed by atoms with Gasteiger partial charge in [-0.25, -0.2) is 4.98 Å². The number of H-pyrrole nitrogens is 1. The van der Waals surface area contributed by atoms with Crippen molar-refractivity contribution in [3.63, 3.8) is 0 Å². The summed E-state index contributed by atoms with van der Waals surface area (Å²) in [6.45, 7) is 0.968. The second-order valence-electron chi connectivity index (χ2n) is 6.76. The van der Waals surface area contributed by atoms with Crippen LogP contribution < -0.4 is 25.7 Å². The van der Waals surface area contributed by atoms with Crippen LogP contribution in [0.4, 0.5) is 5.69 Å². The van der Waals surface area contributed by atoms with E-state index in [4.69, 9.17) is 9.47 Å². The minimum absolute atomic E-state index is 0.0391. The average molecular weight is 416 g/mol. The Morgan fingerprint density at radius 2 is 1.93 bits per heavy atom. The molecule has 3 N–H and O–H groups in total. The van der Waals surface area contributed by atoms with Crippen molar-refractivity contribution in [2.24, 2.45) is 0 Å². The molecule has 2 aromatic rings. The number of amides is 2. The number of nitrogens with one attached hydrogen (secondary N) is 3. The molecule has 4 rings (SSSR count). The Morgan fingerprint density at radius 1 is 1.14 bits per heavy atom. The molecule has 1 saturated carbocycles. The van der Waals surface area contributed by atoms with Gasteiger partial charge in [-0.05, 0) is 25.0 Å². The number of carbonyl (C=O) groups excluding carboxylic acids is 2. The molecule has 29 heavy (non-hydrogen) atoms. The molecule has 2 amide bonds. The summed E-state index contributed by atoms with van der Waals surface area (Å²) in [5.41, 5.74) is 0.609. The number of aromatic amines is 1. The summed E-state index contributed by atoms with van der Waals surface area (Å²) in [5.74, 6) is 0.872. The third-order valence-electron chi connectivity index (χ3n) is 4.22. The third kappa shape index (κ3) is 5.50. The highest BCUT2D eigenvalue weighted by atomic mass is 32.2. The van der Waals surface area contributed by atoms with Gasteiger partial charge in [0, 0.05) is 23.9 Å². The maximum atomic E-state index is 12.2. The first kappa shape index (κ1) is 19.3. The van der Waals surface area contributed by atoms with Gasteiger partial charge < -0.3 is 25.1 Å². The molecule has 1 aromatic heterocycles. The highest BCUT2D eigenvalue weighted by Crippen LogP contribution is 2.32. The van der Waals surface area contributed by atoms with E-state index in [1.807, 2.05) is 0 Å². The molecule has 1 fully saturated rings. The molecule has 0 radical (unpaired) electrons. The summed E-state index contributed by atoms with van der Waals surface area (Å²) in [6, 6.07) is 6.73. The standard InChI is InChI=1S/C19H20N4O5S/c24-16(20-11-1-2-11)8-13-9-17(25)23-19(22-13)29-10-18(26)21-12-3-4-14-15(7-12)28-6-5-27-14/h3-4,7,9,11H,1-2,5-6,8,10H2,(H,20,24)(H,21,26)(H,22,23,25). The number of aromatic nitrogens is 2. The molecule has 1 aliphatic heterocycles. The van der Waals surface area contributed by atoms with Crippen molar-refractivity contribution < 1.29 is 19.1 Å². The van der Waals surface area contributed by atoms with Gasteiger partial charge in [-0.15, -0.1) is 0 Å². The number of anilines is 1. The molecule has 0 bridgehead atoms. The number of hydrogen-bond acceptors (Lipinski definition) is 7. The summed E-state index contributed by atoms with van der Waals surface area (Å²) in [5, 5.41) is 5.93. The van der Waals surface area contributed by atoms with Gasteiger partial charge in [-0.3, -0.25) is 14.4 Å². The van der Waals surface area contributed by atoms with Crippen LogP contribution in [-0.4, -0.2) is 46.8 Å². The second-order valence-corrected chi connectivity index (χ2v) is 7.72. The summed E-state index contributed by atoms with van der Waals surface area (Å²) in [6.07, 6.45) is 2.03. The Hall–Kier alpha value is -3.01. The van der Waals surface area contributed by atoms with Crippen molar-refractivity contribution >= 4 is 29.3 Å². The molecule has 152 valence electrons. The zero-order chi connectivity index (χ0) is 20.2. The number of rotatable bonds is 7. The van der Waals surface area contributed by atoms with Crippen molar-refractivity contribution in [1.82, 2.24) is 15.3 Å². The second kappa shape index (κ2) is 8.56. The Kier molecular flexibility index (Phi) is 5.70. The highest BCUT2D eigenvalue weighted by molar-refractivity contribution is 7.99. The van der Waals surface area contributed by atoms with Crippen LogP contribution in [0.3, 0.4) is 0 Å². The normalized spacial score (nSPS) is 14.9. The first-order valence-corrected chi connectivity index (χ1v) is 10.3. The van der Waals surface area contributed by atoms with Crippen LogP contribution in [0.25, 0.3) is 0 Å². The number of carbonyl (C=O) groups is 2. The molecular formula is C19H20N4O5S. The van der Waals surface area contributed by atoms with E-state index in [9.17, 15) is 14.4 Å². The van der Waals surface area contributed by atoms with Crippen molar-refractivity contribution in [3.8, 4) is 11.5 Å². The van der Waals surface area contributed by atoms with Crippen LogP contribution in [0.5, 0.6) is 11.5 Å². The monoisotopic (exact) mass is 416 g/mol. The van der Waals surface area contributed by atoms with Crippen LogP contribution in [0.2, 0.25) is 0 Å². The molecule has 0 unspecified atom stereocenters. The van der Waals surface area contributed by atoms with Gasteiger partial charge in [0.2, 0.25) is 11.8 Å². The number of benzene rings is 1. The van der Waals surface area contributed by atoms with E-state index in [1.165, 1.54) is 6.07 Å². The SMILES string of the molecule is O=C(CSc1nc(CC(=O)NC2CC2)cc(=O)[nH]1)Nc1ccc2c(c1)OCCO2. The lowest BCUT2D eigenvalue weighted by Gasteiger charge is -2.18. The fraction of sp³-hybridized carbons (Fsp3) is 0.368. The first-order valence-electron chi connectivity index (χ1n) is 9.27. The molecule has 0 spiro atoms. The molecule has 2 heterocycles. The first-order chi connectivity index (χ1) is 14.0. The van der Waals surface area contributed by atoms with Crippen LogP contribution >= 0.6 is 11.8 Å². The number of thioether (sulfide) groups is 1. The lowest BCUT2D eigenvalue weighted by molar-refractivity contribution is -0.120. The van der Waals surface area contributed by atoms with Gasteiger partial charge in [0.1, 0.15) is 13.2 Å². The fourth-order valence-electron chi connectivity index (χ4n) is 2.77. The van der Waals surface area contributed by atoms with Crippen molar-refractivity contribution in [2.45, 2.75) is 30.5 Å². The van der Waals surface area contributed by atoms with E-state index in [0.29, 0.717) is 41.3 Å². The number of fused-ring (bicyclic) bond motifs is 1. The van der Waals surface area contributed by atoms with Crippen LogP contribution in [0.1, 0.15) is 18.5 Å². The lowest BCUT2D eigenvalue weighted by atomic mass is 10.2. The topological polar surface area (TPSA) is 122 Å². The van der Waals surface area contributed by atoms with Crippen LogP contribution in [0, 0.1) is 0 Å². The minimum atomic E-state index is -0.357. The molecule has 0 atom stereocenters. The van der Waals surface area contributed by atoms with Gasteiger partial charge in [0.05, 0.1) is 17.9 Å². The maximum Gasteiger partial charge on any atom is 0.251 e. The molecule has 2 aliphatic rings. The smallest absolute Gasteiger partial charge is 0.251 e. The number of ether oxygens (including phenoxy) is 2. The fourth-order valence-corrected chi connectivity index (χ4v) is 3.46. The zero-order valence-electron chi connectivity index (χ0n) is 15.5. The zero-order valence-corrected chi connectivity index (χ0v) is 16.3. The van der Waals surface area contributed by atoms with Crippen LogP contribution in [-0.2, 0) is 16.0 Å². The number of hydrogen-bond donors (Lipinski definition) is 3. The molecule has 0 saturated heterocycles. The van der Waals surface area contributed by atoms with Crippen LogP contribution in [0.15, 0.2) is 34.2 Å². The predicted molar refractivity (Wildman–Crippen MR) is 107 cm³/mol. The van der Waals surface area contributed by atoms with Gasteiger partial charge in [0.15, 0.2) is 16.7 Å². The summed E-state index contributed by atoms with van der Waals surface area (Å²) in [7, 11) is 0.